The van der Waals surface area contributed by atoms with Gasteiger partial charge in [0, 0.05) is 0 Å². The molecule has 11 heavy (non-hydrogen) atoms. The second-order valence-electron chi connectivity index (χ2n) is 3.74. The van der Waals surface area contributed by atoms with Crippen LogP contribution in [0.25, 0.3) is 0 Å². The summed E-state index contributed by atoms with van der Waals surface area (Å²) >= 11 is 3.59. The number of hydrogen-bond donors (Lipinski definition) is 0. The Morgan fingerprint density at radius 3 is 2.45 bits per heavy atom. The van der Waals surface area contributed by atoms with Gasteiger partial charge in [0.05, 0.1) is 11.1 Å². The maximum Gasteiger partial charge on any atom is 0.117 e. The van der Waals surface area contributed by atoms with E-state index in [2.05, 4.69) is 36.7 Å². The van der Waals surface area contributed by atoms with Gasteiger partial charge in [0.1, 0.15) is 5.76 Å². The lowest BCUT2D eigenvalue weighted by molar-refractivity contribution is 0.359. The predicted molar refractivity (Wildman–Crippen MR) is 49.8 cm³/mol. The van der Waals surface area contributed by atoms with E-state index in [1.54, 1.807) is 6.26 Å². The number of hydrogen-bond acceptors (Lipinski definition) is 1. The molecule has 1 heterocycles. The van der Waals surface area contributed by atoms with Crippen LogP contribution < -0.4 is 0 Å². The molecule has 0 aliphatic heterocycles. The molecule has 0 aliphatic carbocycles. The van der Waals surface area contributed by atoms with Gasteiger partial charge < -0.3 is 4.42 Å². The van der Waals surface area contributed by atoms with Crippen molar-refractivity contribution in [3.8, 4) is 0 Å². The SMILES string of the molecule is CC(C)(C)C(Br)c1ccco1. The molecular weight excluding hydrogens is 204 g/mol. The van der Waals surface area contributed by atoms with Crippen LogP contribution in [0, 0.1) is 5.41 Å². The normalized spacial score (nSPS) is 14.9. The summed E-state index contributed by atoms with van der Waals surface area (Å²) in [5, 5.41) is 0. The molecule has 0 radical (unpaired) electrons. The fourth-order valence-electron chi connectivity index (χ4n) is 0.862. The Hall–Kier alpha value is -0.240. The number of furan rings is 1. The van der Waals surface area contributed by atoms with Crippen molar-refractivity contribution in [1.82, 2.24) is 0 Å². The molecule has 0 saturated carbocycles. The maximum atomic E-state index is 5.27. The summed E-state index contributed by atoms with van der Waals surface area (Å²) in [7, 11) is 0. The molecule has 1 rings (SSSR count). The quantitative estimate of drug-likeness (QED) is 0.652. The van der Waals surface area contributed by atoms with Crippen LogP contribution in [0.4, 0.5) is 0 Å². The highest BCUT2D eigenvalue weighted by molar-refractivity contribution is 9.09. The highest BCUT2D eigenvalue weighted by atomic mass is 79.9. The van der Waals surface area contributed by atoms with Crippen LogP contribution in [0.2, 0.25) is 0 Å². The molecule has 0 spiro atoms. The van der Waals surface area contributed by atoms with E-state index in [0.717, 1.165) is 5.76 Å². The van der Waals surface area contributed by atoms with Crippen molar-refractivity contribution in [2.24, 2.45) is 5.41 Å². The number of rotatable bonds is 1. The molecule has 1 aromatic heterocycles. The molecule has 0 fully saturated rings. The third kappa shape index (κ3) is 2.09. The van der Waals surface area contributed by atoms with Crippen molar-refractivity contribution < 1.29 is 4.42 Å². The largest absolute Gasteiger partial charge is 0.468 e. The maximum absolute atomic E-state index is 5.27. The van der Waals surface area contributed by atoms with E-state index in [1.807, 2.05) is 12.1 Å². The Morgan fingerprint density at radius 1 is 1.45 bits per heavy atom. The molecule has 1 atom stereocenters. The fourth-order valence-corrected chi connectivity index (χ4v) is 1.12. The lowest BCUT2D eigenvalue weighted by Crippen LogP contribution is -2.11. The zero-order valence-corrected chi connectivity index (χ0v) is 8.68. The summed E-state index contributed by atoms with van der Waals surface area (Å²) in [6.45, 7) is 6.53. The Balaban J connectivity index is 2.78. The van der Waals surface area contributed by atoms with Gasteiger partial charge >= 0.3 is 0 Å². The molecule has 0 bridgehead atoms. The van der Waals surface area contributed by atoms with Crippen LogP contribution >= 0.6 is 15.9 Å². The average Bonchev–Trinajstić information content (AvgIpc) is 2.34. The van der Waals surface area contributed by atoms with Gasteiger partial charge in [-0.2, -0.15) is 0 Å². The lowest BCUT2D eigenvalue weighted by Gasteiger charge is -2.23. The second-order valence-corrected chi connectivity index (χ2v) is 4.66. The van der Waals surface area contributed by atoms with E-state index in [1.165, 1.54) is 0 Å². The molecule has 0 aromatic carbocycles. The first-order chi connectivity index (χ1) is 5.02. The highest BCUT2D eigenvalue weighted by Gasteiger charge is 2.25. The summed E-state index contributed by atoms with van der Waals surface area (Å²) in [5.41, 5.74) is 0.206. The van der Waals surface area contributed by atoms with Gasteiger partial charge in [0.2, 0.25) is 0 Å². The van der Waals surface area contributed by atoms with E-state index in [9.17, 15) is 0 Å². The van der Waals surface area contributed by atoms with E-state index >= 15 is 0 Å². The minimum atomic E-state index is 0.206. The minimum Gasteiger partial charge on any atom is -0.468 e. The van der Waals surface area contributed by atoms with Crippen LogP contribution in [0.3, 0.4) is 0 Å². The van der Waals surface area contributed by atoms with E-state index in [4.69, 9.17) is 4.42 Å². The Labute approximate surface area is 75.9 Å². The van der Waals surface area contributed by atoms with Crippen LogP contribution in [0.15, 0.2) is 22.8 Å². The number of halogens is 1. The molecule has 0 saturated heterocycles. The second kappa shape index (κ2) is 3.02. The van der Waals surface area contributed by atoms with Gasteiger partial charge in [-0.25, -0.2) is 0 Å². The summed E-state index contributed by atoms with van der Waals surface area (Å²) in [6.07, 6.45) is 1.70. The van der Waals surface area contributed by atoms with Gasteiger partial charge in [0.25, 0.3) is 0 Å². The van der Waals surface area contributed by atoms with Crippen molar-refractivity contribution in [2.75, 3.05) is 0 Å². The monoisotopic (exact) mass is 216 g/mol. The first kappa shape index (κ1) is 8.85. The van der Waals surface area contributed by atoms with Crippen molar-refractivity contribution in [3.05, 3.63) is 24.2 Å². The van der Waals surface area contributed by atoms with Gasteiger partial charge in [0.15, 0.2) is 0 Å². The van der Waals surface area contributed by atoms with Crippen LogP contribution in [0.1, 0.15) is 31.4 Å². The molecule has 62 valence electrons. The van der Waals surface area contributed by atoms with Gasteiger partial charge in [-0.1, -0.05) is 36.7 Å². The first-order valence-electron chi connectivity index (χ1n) is 3.69. The molecule has 2 heteroatoms. The van der Waals surface area contributed by atoms with E-state index < -0.39 is 0 Å². The lowest BCUT2D eigenvalue weighted by atomic mass is 9.91. The summed E-state index contributed by atoms with van der Waals surface area (Å²) < 4.78 is 5.27. The average molecular weight is 217 g/mol. The van der Waals surface area contributed by atoms with Crippen molar-refractivity contribution in [3.63, 3.8) is 0 Å². The molecule has 1 nitrogen and oxygen atoms in total. The van der Waals surface area contributed by atoms with E-state index in [0.29, 0.717) is 4.83 Å². The molecule has 1 aromatic rings. The predicted octanol–water partition coefficient (Wildman–Crippen LogP) is 3.76. The summed E-state index contributed by atoms with van der Waals surface area (Å²) in [5.74, 6) is 0.998. The first-order valence-corrected chi connectivity index (χ1v) is 4.61. The third-order valence-electron chi connectivity index (χ3n) is 1.55. The van der Waals surface area contributed by atoms with Gasteiger partial charge in [-0.3, -0.25) is 0 Å². The number of alkyl halides is 1. The van der Waals surface area contributed by atoms with Gasteiger partial charge in [-0.05, 0) is 17.5 Å². The zero-order valence-electron chi connectivity index (χ0n) is 7.10. The molecular formula is C9H13BrO. The fraction of sp³-hybridized carbons (Fsp3) is 0.556. The van der Waals surface area contributed by atoms with Crippen molar-refractivity contribution in [1.29, 1.82) is 0 Å². The van der Waals surface area contributed by atoms with Crippen LogP contribution in [-0.2, 0) is 0 Å². The standard InChI is InChI=1S/C9H13BrO/c1-9(2,3)8(10)7-5-4-6-11-7/h4-6,8H,1-3H3. The molecule has 0 amide bonds. The topological polar surface area (TPSA) is 13.1 Å². The Kier molecular flexibility index (Phi) is 2.43. The van der Waals surface area contributed by atoms with Crippen LogP contribution in [0.5, 0.6) is 0 Å². The third-order valence-corrected chi connectivity index (χ3v) is 3.38. The smallest absolute Gasteiger partial charge is 0.117 e. The minimum absolute atomic E-state index is 0.206. The zero-order chi connectivity index (χ0) is 8.48. The van der Waals surface area contributed by atoms with Crippen molar-refractivity contribution >= 4 is 15.9 Å². The molecule has 0 aliphatic rings. The molecule has 0 N–H and O–H groups in total. The highest BCUT2D eigenvalue weighted by Crippen LogP contribution is 2.39. The molecule has 1 unspecified atom stereocenters. The Bertz CT molecular complexity index is 208. The summed E-state index contributed by atoms with van der Waals surface area (Å²) in [4.78, 5) is 0.296. The van der Waals surface area contributed by atoms with Gasteiger partial charge in [-0.15, -0.1) is 0 Å². The Morgan fingerprint density at radius 2 is 2.09 bits per heavy atom. The van der Waals surface area contributed by atoms with E-state index in [-0.39, 0.29) is 5.41 Å². The van der Waals surface area contributed by atoms with Crippen LogP contribution in [-0.4, -0.2) is 0 Å². The summed E-state index contributed by atoms with van der Waals surface area (Å²) in [6, 6.07) is 3.90. The van der Waals surface area contributed by atoms with Crippen molar-refractivity contribution in [2.45, 2.75) is 25.6 Å².